The van der Waals surface area contributed by atoms with Gasteiger partial charge in [0.25, 0.3) is 0 Å². The Morgan fingerprint density at radius 1 is 1.22 bits per heavy atom. The highest BCUT2D eigenvalue weighted by molar-refractivity contribution is 5.93. The summed E-state index contributed by atoms with van der Waals surface area (Å²) < 4.78 is 0. The Morgan fingerprint density at radius 3 is 2.70 bits per heavy atom. The van der Waals surface area contributed by atoms with Crippen molar-refractivity contribution in [3.63, 3.8) is 0 Å². The molecule has 1 unspecified atom stereocenters. The molecule has 0 spiro atoms. The number of aryl methyl sites for hydroxylation is 1. The number of nitrogens with zero attached hydrogens (tertiary/aromatic N) is 1. The summed E-state index contributed by atoms with van der Waals surface area (Å²) in [6.45, 7) is 5.95. The highest BCUT2D eigenvalue weighted by Gasteiger charge is 2.30. The molecule has 1 aliphatic rings. The quantitative estimate of drug-likeness (QED) is 0.776. The van der Waals surface area contributed by atoms with Crippen LogP contribution in [0.5, 0.6) is 0 Å². The number of hydrogen-bond donors (Lipinski definition) is 3. The van der Waals surface area contributed by atoms with Crippen LogP contribution in [0.2, 0.25) is 0 Å². The average molecular weight is 364 g/mol. The van der Waals surface area contributed by atoms with Gasteiger partial charge in [-0.1, -0.05) is 30.4 Å². The smallest absolute Gasteiger partial charge is 0.320 e. The number of rotatable bonds is 4. The van der Waals surface area contributed by atoms with E-state index in [1.165, 1.54) is 6.92 Å². The fraction of sp³-hybridized carbons (Fsp3) is 0.286. The maximum absolute atomic E-state index is 11.8. The molecule has 1 heterocycles. The molecule has 6 heteroatoms. The summed E-state index contributed by atoms with van der Waals surface area (Å²) in [5.41, 5.74) is 1.49. The van der Waals surface area contributed by atoms with E-state index in [0.717, 1.165) is 21.9 Å². The summed E-state index contributed by atoms with van der Waals surface area (Å²) in [5, 5.41) is 10.5. The SMILES string of the molecule is CCNC(=O)Nc1cc2cc(C3(NC(C)=O)C=CC=CC3)cc(C)c2cn1. The van der Waals surface area contributed by atoms with Crippen molar-refractivity contribution in [1.29, 1.82) is 0 Å². The highest BCUT2D eigenvalue weighted by Crippen LogP contribution is 2.34. The molecular weight excluding hydrogens is 340 g/mol. The van der Waals surface area contributed by atoms with Gasteiger partial charge >= 0.3 is 6.03 Å². The lowest BCUT2D eigenvalue weighted by Crippen LogP contribution is -2.43. The molecule has 6 nitrogen and oxygen atoms in total. The predicted octanol–water partition coefficient (Wildman–Crippen LogP) is 3.53. The third-order valence-corrected chi connectivity index (χ3v) is 4.60. The molecule has 0 saturated carbocycles. The predicted molar refractivity (Wildman–Crippen MR) is 108 cm³/mol. The molecular formula is C21H24N4O2. The van der Waals surface area contributed by atoms with Crippen LogP contribution in [-0.4, -0.2) is 23.5 Å². The van der Waals surface area contributed by atoms with Gasteiger partial charge in [0.15, 0.2) is 0 Å². The third-order valence-electron chi connectivity index (χ3n) is 4.60. The van der Waals surface area contributed by atoms with Crippen molar-refractivity contribution in [2.45, 2.75) is 32.7 Å². The van der Waals surface area contributed by atoms with Gasteiger partial charge in [-0.05, 0) is 48.9 Å². The molecule has 3 N–H and O–H groups in total. The molecule has 27 heavy (non-hydrogen) atoms. The molecule has 0 aliphatic heterocycles. The molecule has 1 atom stereocenters. The van der Waals surface area contributed by atoms with Crippen LogP contribution in [0.3, 0.4) is 0 Å². The van der Waals surface area contributed by atoms with E-state index < -0.39 is 5.54 Å². The van der Waals surface area contributed by atoms with E-state index in [1.54, 1.807) is 6.20 Å². The summed E-state index contributed by atoms with van der Waals surface area (Å²) in [7, 11) is 0. The first-order valence-corrected chi connectivity index (χ1v) is 9.02. The minimum Gasteiger partial charge on any atom is -0.343 e. The monoisotopic (exact) mass is 364 g/mol. The number of nitrogens with one attached hydrogen (secondary N) is 3. The van der Waals surface area contributed by atoms with E-state index in [2.05, 4.69) is 27.0 Å². The summed E-state index contributed by atoms with van der Waals surface area (Å²) in [5.74, 6) is 0.402. The van der Waals surface area contributed by atoms with Crippen LogP contribution in [0.4, 0.5) is 10.6 Å². The zero-order valence-corrected chi connectivity index (χ0v) is 15.8. The van der Waals surface area contributed by atoms with Gasteiger partial charge in [-0.2, -0.15) is 0 Å². The third kappa shape index (κ3) is 4.00. The summed E-state index contributed by atoms with van der Waals surface area (Å²) in [6, 6.07) is 5.70. The maximum atomic E-state index is 11.8. The first kappa shape index (κ1) is 18.6. The number of carbonyl (C=O) groups is 2. The minimum absolute atomic E-state index is 0.0824. The number of hydrogen-bond acceptors (Lipinski definition) is 3. The lowest BCUT2D eigenvalue weighted by molar-refractivity contribution is -0.120. The maximum Gasteiger partial charge on any atom is 0.320 e. The van der Waals surface area contributed by atoms with Crippen molar-refractivity contribution in [2.75, 3.05) is 11.9 Å². The summed E-state index contributed by atoms with van der Waals surface area (Å²) >= 11 is 0. The number of benzene rings is 1. The van der Waals surface area contributed by atoms with Crippen LogP contribution < -0.4 is 16.0 Å². The highest BCUT2D eigenvalue weighted by atomic mass is 16.2. The van der Waals surface area contributed by atoms with Gasteiger partial charge in [-0.15, -0.1) is 0 Å². The molecule has 0 saturated heterocycles. The van der Waals surface area contributed by atoms with Crippen LogP contribution in [-0.2, 0) is 10.3 Å². The molecule has 2 aromatic rings. The molecule has 0 bridgehead atoms. The average Bonchev–Trinajstić information content (AvgIpc) is 2.61. The standard InChI is InChI=1S/C21H24N4O2/c1-4-22-20(27)24-19-12-16-11-17(10-14(2)18(16)13-23-19)21(25-15(3)26)8-6-5-7-9-21/h5-8,10-13H,4,9H2,1-3H3,(H,25,26)(H2,22,23,24,27). The van der Waals surface area contributed by atoms with Crippen molar-refractivity contribution < 1.29 is 9.59 Å². The second-order valence-electron chi connectivity index (χ2n) is 6.71. The van der Waals surface area contributed by atoms with Crippen LogP contribution in [0.15, 0.2) is 48.7 Å². The Morgan fingerprint density at radius 2 is 2.04 bits per heavy atom. The van der Waals surface area contributed by atoms with Gasteiger partial charge in [0.2, 0.25) is 5.91 Å². The zero-order chi connectivity index (χ0) is 19.4. The van der Waals surface area contributed by atoms with E-state index >= 15 is 0 Å². The van der Waals surface area contributed by atoms with Gasteiger partial charge in [-0.3, -0.25) is 10.1 Å². The van der Waals surface area contributed by atoms with Crippen molar-refractivity contribution in [3.05, 3.63) is 59.8 Å². The summed E-state index contributed by atoms with van der Waals surface area (Å²) in [4.78, 5) is 27.9. The Hall–Kier alpha value is -3.15. The van der Waals surface area contributed by atoms with E-state index in [4.69, 9.17) is 0 Å². The number of aromatic nitrogens is 1. The normalized spacial score (nSPS) is 18.3. The van der Waals surface area contributed by atoms with Crippen LogP contribution in [0, 0.1) is 6.92 Å². The van der Waals surface area contributed by atoms with Gasteiger partial charge in [0.1, 0.15) is 5.82 Å². The number of urea groups is 1. The largest absolute Gasteiger partial charge is 0.343 e. The van der Waals surface area contributed by atoms with E-state index in [9.17, 15) is 9.59 Å². The first-order chi connectivity index (χ1) is 12.9. The zero-order valence-electron chi connectivity index (χ0n) is 15.8. The minimum atomic E-state index is -0.573. The van der Waals surface area contributed by atoms with E-state index in [-0.39, 0.29) is 11.9 Å². The van der Waals surface area contributed by atoms with Crippen molar-refractivity contribution in [1.82, 2.24) is 15.6 Å². The van der Waals surface area contributed by atoms with Crippen LogP contribution in [0.25, 0.3) is 10.8 Å². The second-order valence-corrected chi connectivity index (χ2v) is 6.71. The molecule has 3 rings (SSSR count). The lowest BCUT2D eigenvalue weighted by atomic mass is 9.82. The number of allylic oxidation sites excluding steroid dienone is 2. The van der Waals surface area contributed by atoms with E-state index in [0.29, 0.717) is 18.8 Å². The number of pyridine rings is 1. The first-order valence-electron chi connectivity index (χ1n) is 9.02. The van der Waals surface area contributed by atoms with Gasteiger partial charge < -0.3 is 10.6 Å². The lowest BCUT2D eigenvalue weighted by Gasteiger charge is -2.33. The topological polar surface area (TPSA) is 83.1 Å². The van der Waals surface area contributed by atoms with Crippen molar-refractivity contribution in [2.24, 2.45) is 0 Å². The molecule has 1 aromatic carbocycles. The number of fused-ring (bicyclic) bond motifs is 1. The van der Waals surface area contributed by atoms with Crippen LogP contribution >= 0.6 is 0 Å². The Bertz CT molecular complexity index is 949. The fourth-order valence-corrected chi connectivity index (χ4v) is 3.40. The number of anilines is 1. The Labute approximate surface area is 158 Å². The molecule has 0 radical (unpaired) electrons. The molecule has 1 aromatic heterocycles. The van der Waals surface area contributed by atoms with Crippen molar-refractivity contribution >= 4 is 28.5 Å². The fourth-order valence-electron chi connectivity index (χ4n) is 3.40. The molecule has 1 aliphatic carbocycles. The Kier molecular flexibility index (Phi) is 5.26. The number of carbonyl (C=O) groups excluding carboxylic acids is 2. The van der Waals surface area contributed by atoms with Crippen molar-refractivity contribution in [3.8, 4) is 0 Å². The molecule has 140 valence electrons. The van der Waals surface area contributed by atoms with Gasteiger partial charge in [0.05, 0.1) is 5.54 Å². The van der Waals surface area contributed by atoms with Gasteiger partial charge in [-0.25, -0.2) is 9.78 Å². The molecule has 0 fully saturated rings. The second kappa shape index (κ2) is 7.61. The van der Waals surface area contributed by atoms with Crippen LogP contribution in [0.1, 0.15) is 31.4 Å². The molecule has 3 amide bonds. The Balaban J connectivity index is 2.05. The number of amides is 3. The van der Waals surface area contributed by atoms with E-state index in [1.807, 2.05) is 50.3 Å². The summed E-state index contributed by atoms with van der Waals surface area (Å²) in [6.07, 6.45) is 10.4. The van der Waals surface area contributed by atoms with Gasteiger partial charge in [0, 0.05) is 25.1 Å².